The first kappa shape index (κ1) is 11.9. The lowest BCUT2D eigenvalue weighted by atomic mass is 9.73. The van der Waals surface area contributed by atoms with Crippen molar-refractivity contribution in [3.05, 3.63) is 0 Å². The second kappa shape index (κ2) is 4.84. The summed E-state index contributed by atoms with van der Waals surface area (Å²) in [4.78, 5) is 0. The van der Waals surface area contributed by atoms with Gasteiger partial charge in [0.1, 0.15) is 24.1 Å². The van der Waals surface area contributed by atoms with Crippen LogP contribution in [0, 0.1) is 85.2 Å². The molecule has 0 heterocycles. The van der Waals surface area contributed by atoms with E-state index in [9.17, 15) is 0 Å². The molecule has 0 aliphatic heterocycles. The lowest BCUT2D eigenvalue weighted by Crippen LogP contribution is -2.30. The van der Waals surface area contributed by atoms with Crippen molar-refractivity contribution < 1.29 is 0 Å². The predicted molar refractivity (Wildman–Crippen MR) is 43.1 cm³/mol. The molecule has 68 valence electrons. The summed E-state index contributed by atoms with van der Waals surface area (Å²) in [5.74, 6) is -3.04. The van der Waals surface area contributed by atoms with Crippen molar-refractivity contribution in [2.75, 3.05) is 0 Å². The lowest BCUT2D eigenvalue weighted by molar-refractivity contribution is 0.440. The molecule has 0 amide bonds. The van der Waals surface area contributed by atoms with E-state index in [1.807, 2.05) is 0 Å². The second-order valence-corrected chi connectivity index (χ2v) is 2.49. The topological polar surface area (TPSA) is 143 Å². The highest BCUT2D eigenvalue weighted by molar-refractivity contribution is 5.34. The van der Waals surface area contributed by atoms with E-state index in [1.165, 1.54) is 36.4 Å². The Bertz CT molecular complexity index is 442. The fraction of sp³-hybridized carbons (Fsp3) is 0.333. The third kappa shape index (κ3) is 1.82. The van der Waals surface area contributed by atoms with Crippen LogP contribution in [0.15, 0.2) is 0 Å². The van der Waals surface area contributed by atoms with Crippen LogP contribution in [0.4, 0.5) is 0 Å². The summed E-state index contributed by atoms with van der Waals surface area (Å²) in [5, 5.41) is 51.7. The molecule has 0 spiro atoms. The van der Waals surface area contributed by atoms with Gasteiger partial charge in [-0.1, -0.05) is 0 Å². The number of rotatable bonds is 2. The largest absolute Gasteiger partial charge is 0.246 e. The summed E-state index contributed by atoms with van der Waals surface area (Å²) in [6.07, 6.45) is 0. The van der Waals surface area contributed by atoms with Crippen molar-refractivity contribution in [3.63, 3.8) is 0 Å². The Morgan fingerprint density at radius 1 is 0.667 bits per heavy atom. The predicted octanol–water partition coefficient (Wildman–Crippen LogP) is 0.347. The van der Waals surface area contributed by atoms with Gasteiger partial charge in [-0.2, -0.15) is 31.6 Å². The SMILES string of the molecule is N#CC(C#N)C(C#N)C(C#N)(C#N)C#N. The van der Waals surface area contributed by atoms with Crippen LogP contribution in [0.2, 0.25) is 0 Å². The van der Waals surface area contributed by atoms with Crippen LogP contribution in [0.3, 0.4) is 0 Å². The molecule has 0 N–H and O–H groups in total. The molecular weight excluding hydrogens is 192 g/mol. The summed E-state index contributed by atoms with van der Waals surface area (Å²) in [6.45, 7) is 0. The molecule has 0 saturated carbocycles. The fourth-order valence-electron chi connectivity index (χ4n) is 0.883. The Morgan fingerprint density at radius 2 is 1.07 bits per heavy atom. The van der Waals surface area contributed by atoms with Gasteiger partial charge >= 0.3 is 0 Å². The molecule has 0 fully saturated rings. The minimum Gasteiger partial charge on any atom is -0.198 e. The van der Waals surface area contributed by atoms with Crippen LogP contribution in [0.5, 0.6) is 0 Å². The van der Waals surface area contributed by atoms with E-state index < -0.39 is 17.3 Å². The molecule has 0 saturated heterocycles. The zero-order valence-corrected chi connectivity index (χ0v) is 7.34. The molecule has 1 unspecified atom stereocenters. The molecule has 0 aromatic heterocycles. The first-order valence-corrected chi connectivity index (χ1v) is 3.58. The molecule has 0 rings (SSSR count). The van der Waals surface area contributed by atoms with Crippen LogP contribution in [0.1, 0.15) is 0 Å². The third-order valence-corrected chi connectivity index (χ3v) is 1.75. The Hall–Kier alpha value is -3.06. The highest BCUT2D eigenvalue weighted by Crippen LogP contribution is 2.31. The van der Waals surface area contributed by atoms with E-state index in [4.69, 9.17) is 31.6 Å². The van der Waals surface area contributed by atoms with Gasteiger partial charge in [-0.15, -0.1) is 0 Å². The van der Waals surface area contributed by atoms with Crippen LogP contribution in [-0.2, 0) is 0 Å². The van der Waals surface area contributed by atoms with Gasteiger partial charge in [0, 0.05) is 0 Å². The number of nitriles is 6. The highest BCUT2D eigenvalue weighted by atomic mass is 14.5. The van der Waals surface area contributed by atoms with Gasteiger partial charge in [-0.3, -0.25) is 0 Å². The van der Waals surface area contributed by atoms with Crippen LogP contribution in [-0.4, -0.2) is 0 Å². The van der Waals surface area contributed by atoms with Gasteiger partial charge in [0.05, 0.1) is 18.2 Å². The first-order chi connectivity index (χ1) is 7.15. The van der Waals surface area contributed by atoms with E-state index >= 15 is 0 Å². The summed E-state index contributed by atoms with van der Waals surface area (Å²) in [7, 11) is 0. The molecule has 6 heteroatoms. The standard InChI is InChI=1S/C9H2N6/c10-1-7(2-11)8(3-12)9(4-13,5-14)6-15/h7-8H. The molecule has 0 aliphatic carbocycles. The van der Waals surface area contributed by atoms with Crippen LogP contribution < -0.4 is 0 Å². The quantitative estimate of drug-likeness (QED) is 0.620. The normalized spacial score (nSPS) is 10.6. The van der Waals surface area contributed by atoms with Crippen molar-refractivity contribution >= 4 is 0 Å². The van der Waals surface area contributed by atoms with Gasteiger partial charge in [0.2, 0.25) is 5.41 Å². The van der Waals surface area contributed by atoms with Gasteiger partial charge in [-0.05, 0) is 0 Å². The summed E-state index contributed by atoms with van der Waals surface area (Å²) >= 11 is 0. The average Bonchev–Trinajstić information content (AvgIpc) is 2.30. The highest BCUT2D eigenvalue weighted by Gasteiger charge is 2.45. The smallest absolute Gasteiger partial charge is 0.198 e. The maximum Gasteiger partial charge on any atom is 0.246 e. The summed E-state index contributed by atoms with van der Waals surface area (Å²) < 4.78 is 0. The fourth-order valence-corrected chi connectivity index (χ4v) is 0.883. The molecule has 1 atom stereocenters. The molecule has 0 aromatic carbocycles. The molecule has 0 aromatic rings. The average molecular weight is 194 g/mol. The Labute approximate surface area is 86.0 Å². The van der Waals surface area contributed by atoms with Crippen LogP contribution in [0.25, 0.3) is 0 Å². The van der Waals surface area contributed by atoms with Gasteiger partial charge < -0.3 is 0 Å². The Morgan fingerprint density at radius 3 is 1.27 bits per heavy atom. The van der Waals surface area contributed by atoms with E-state index in [2.05, 4.69) is 0 Å². The van der Waals surface area contributed by atoms with Crippen molar-refractivity contribution in [2.45, 2.75) is 0 Å². The Kier molecular flexibility index (Phi) is 3.85. The van der Waals surface area contributed by atoms with Gasteiger partial charge in [0.15, 0.2) is 5.92 Å². The van der Waals surface area contributed by atoms with Gasteiger partial charge in [-0.25, -0.2) is 0 Å². The molecular formula is C9H2N6. The van der Waals surface area contributed by atoms with E-state index in [0.29, 0.717) is 0 Å². The minimum absolute atomic E-state index is 1.37. The zero-order valence-electron chi connectivity index (χ0n) is 7.34. The van der Waals surface area contributed by atoms with E-state index in [1.54, 1.807) is 0 Å². The van der Waals surface area contributed by atoms with E-state index in [-0.39, 0.29) is 0 Å². The molecule has 6 nitrogen and oxygen atoms in total. The molecule has 15 heavy (non-hydrogen) atoms. The molecule has 0 radical (unpaired) electrons. The number of hydrogen-bond acceptors (Lipinski definition) is 6. The van der Waals surface area contributed by atoms with Crippen molar-refractivity contribution in [2.24, 2.45) is 17.3 Å². The maximum atomic E-state index is 8.68. The van der Waals surface area contributed by atoms with Crippen molar-refractivity contribution in [3.8, 4) is 36.4 Å². The summed E-state index contributed by atoms with van der Waals surface area (Å²) in [6, 6.07) is 8.54. The van der Waals surface area contributed by atoms with Crippen molar-refractivity contribution in [1.82, 2.24) is 0 Å². The van der Waals surface area contributed by atoms with Gasteiger partial charge in [0.25, 0.3) is 0 Å². The molecule has 0 aliphatic rings. The monoisotopic (exact) mass is 194 g/mol. The van der Waals surface area contributed by atoms with Crippen molar-refractivity contribution in [1.29, 1.82) is 31.6 Å². The molecule has 0 bridgehead atoms. The maximum absolute atomic E-state index is 8.68. The second-order valence-electron chi connectivity index (χ2n) is 2.49. The Balaban J connectivity index is 5.60. The van der Waals surface area contributed by atoms with Crippen LogP contribution >= 0.6 is 0 Å². The number of nitrogens with zero attached hydrogens (tertiary/aromatic N) is 6. The first-order valence-electron chi connectivity index (χ1n) is 3.58. The number of hydrogen-bond donors (Lipinski definition) is 0. The zero-order chi connectivity index (χ0) is 11.9. The van der Waals surface area contributed by atoms with E-state index in [0.717, 1.165) is 0 Å². The minimum atomic E-state index is -2.27. The summed E-state index contributed by atoms with van der Waals surface area (Å²) in [5.41, 5.74) is -2.27. The third-order valence-electron chi connectivity index (χ3n) is 1.75. The lowest BCUT2D eigenvalue weighted by Gasteiger charge is -2.15.